The molecule has 7 nitrogen and oxygen atoms in total. The van der Waals surface area contributed by atoms with Crippen molar-refractivity contribution in [1.29, 1.82) is 0 Å². The molecule has 0 aliphatic carbocycles. The molecule has 0 bridgehead atoms. The summed E-state index contributed by atoms with van der Waals surface area (Å²) in [6.45, 7) is -0.241. The average Bonchev–Trinajstić information content (AvgIpc) is 2.68. The Balaban J connectivity index is 2.36. The fourth-order valence-electron chi connectivity index (χ4n) is 1.45. The van der Waals surface area contributed by atoms with Gasteiger partial charge in [-0.25, -0.2) is 9.59 Å². The van der Waals surface area contributed by atoms with Gasteiger partial charge in [-0.15, -0.1) is 0 Å². The molecule has 21 heavy (non-hydrogen) atoms. The minimum Gasteiger partial charge on any atom is -0.477 e. The number of carbonyl (C=O) groups excluding carboxylic acids is 1. The third-order valence-corrected chi connectivity index (χ3v) is 2.21. The summed E-state index contributed by atoms with van der Waals surface area (Å²) in [5.41, 5.74) is 0.417. The normalized spacial score (nSPS) is 11.2. The molecule has 0 fully saturated rings. The van der Waals surface area contributed by atoms with E-state index >= 15 is 0 Å². The first-order chi connectivity index (χ1) is 9.69. The molecule has 10 heteroatoms. The number of nitrogens with one attached hydrogen (secondary N) is 3. The predicted molar refractivity (Wildman–Crippen MR) is 66.4 cm³/mol. The zero-order chi connectivity index (χ0) is 16.0. The van der Waals surface area contributed by atoms with Crippen LogP contribution in [0.5, 0.6) is 0 Å². The second-order valence-electron chi connectivity index (χ2n) is 4.09. The summed E-state index contributed by atoms with van der Waals surface area (Å²) in [5.74, 6) is -1.24. The Kier molecular flexibility index (Phi) is 5.59. The molecular formula is C11H14F3N3O4. The molecule has 1 aromatic rings. The fourth-order valence-corrected chi connectivity index (χ4v) is 1.45. The molecule has 0 aliphatic rings. The summed E-state index contributed by atoms with van der Waals surface area (Å²) in [5, 5.41) is 13.4. The Labute approximate surface area is 117 Å². The van der Waals surface area contributed by atoms with E-state index in [1.807, 2.05) is 0 Å². The lowest BCUT2D eigenvalue weighted by atomic mass is 10.3. The molecule has 1 aromatic heterocycles. The monoisotopic (exact) mass is 309 g/mol. The van der Waals surface area contributed by atoms with Gasteiger partial charge in [-0.2, -0.15) is 13.2 Å². The number of rotatable bonds is 6. The number of carboxylic acid groups (broad SMARTS) is 1. The Hall–Kier alpha value is -2.23. The average molecular weight is 309 g/mol. The van der Waals surface area contributed by atoms with E-state index in [4.69, 9.17) is 5.11 Å². The maximum Gasteiger partial charge on any atom is 0.411 e. The van der Waals surface area contributed by atoms with Crippen LogP contribution in [-0.4, -0.2) is 48.0 Å². The Morgan fingerprint density at radius 3 is 2.67 bits per heavy atom. The first-order valence-electron chi connectivity index (χ1n) is 5.81. The summed E-state index contributed by atoms with van der Waals surface area (Å²) >= 11 is 0. The maximum atomic E-state index is 11.8. The van der Waals surface area contributed by atoms with E-state index in [2.05, 4.69) is 20.4 Å². The highest BCUT2D eigenvalue weighted by molar-refractivity contribution is 5.99. The molecule has 0 radical (unpaired) electrons. The molecule has 0 spiro atoms. The van der Waals surface area contributed by atoms with Gasteiger partial charge in [-0.3, -0.25) is 0 Å². The van der Waals surface area contributed by atoms with E-state index in [1.54, 1.807) is 6.92 Å². The SMILES string of the molecule is Cc1cc(NC(=O)NCCOCC(F)(F)F)c(C(=O)O)[nH]1. The number of aromatic nitrogens is 1. The molecule has 4 N–H and O–H groups in total. The summed E-state index contributed by atoms with van der Waals surface area (Å²) in [4.78, 5) is 24.9. The Morgan fingerprint density at radius 1 is 1.43 bits per heavy atom. The molecule has 0 aliphatic heterocycles. The quantitative estimate of drug-likeness (QED) is 0.601. The van der Waals surface area contributed by atoms with Crippen LogP contribution < -0.4 is 10.6 Å². The molecule has 2 amide bonds. The number of hydrogen-bond donors (Lipinski definition) is 4. The van der Waals surface area contributed by atoms with Gasteiger partial charge in [0, 0.05) is 12.2 Å². The lowest BCUT2D eigenvalue weighted by Gasteiger charge is -2.09. The van der Waals surface area contributed by atoms with Crippen molar-refractivity contribution < 1.29 is 32.6 Å². The molecule has 1 rings (SSSR count). The van der Waals surface area contributed by atoms with Gasteiger partial charge in [0.15, 0.2) is 0 Å². The predicted octanol–water partition coefficient (Wildman–Crippen LogP) is 1.72. The van der Waals surface area contributed by atoms with Gasteiger partial charge in [-0.1, -0.05) is 0 Å². The maximum absolute atomic E-state index is 11.8. The number of aromatic carboxylic acids is 1. The van der Waals surface area contributed by atoms with Crippen LogP contribution in [0.15, 0.2) is 6.07 Å². The van der Waals surface area contributed by atoms with Crippen molar-refractivity contribution in [3.05, 3.63) is 17.5 Å². The minimum atomic E-state index is -4.42. The van der Waals surface area contributed by atoms with Crippen LogP contribution in [0.4, 0.5) is 23.7 Å². The number of hydrogen-bond acceptors (Lipinski definition) is 3. The number of carbonyl (C=O) groups is 2. The smallest absolute Gasteiger partial charge is 0.411 e. The Morgan fingerprint density at radius 2 is 2.10 bits per heavy atom. The number of anilines is 1. The number of alkyl halides is 3. The largest absolute Gasteiger partial charge is 0.477 e. The summed E-state index contributed by atoms with van der Waals surface area (Å²) < 4.78 is 39.6. The zero-order valence-corrected chi connectivity index (χ0v) is 11.0. The lowest BCUT2D eigenvalue weighted by molar-refractivity contribution is -0.173. The van der Waals surface area contributed by atoms with Crippen LogP contribution in [0.2, 0.25) is 0 Å². The van der Waals surface area contributed by atoms with Crippen molar-refractivity contribution in [3.8, 4) is 0 Å². The molecular weight excluding hydrogens is 295 g/mol. The highest BCUT2D eigenvalue weighted by Crippen LogP contribution is 2.16. The van der Waals surface area contributed by atoms with Crippen molar-refractivity contribution in [1.82, 2.24) is 10.3 Å². The van der Waals surface area contributed by atoms with Crippen molar-refractivity contribution in [2.45, 2.75) is 13.1 Å². The first-order valence-corrected chi connectivity index (χ1v) is 5.81. The van der Waals surface area contributed by atoms with E-state index in [9.17, 15) is 22.8 Å². The van der Waals surface area contributed by atoms with Crippen LogP contribution in [0, 0.1) is 6.92 Å². The van der Waals surface area contributed by atoms with Gasteiger partial charge >= 0.3 is 18.2 Å². The fraction of sp³-hybridized carbons (Fsp3) is 0.455. The van der Waals surface area contributed by atoms with E-state index < -0.39 is 24.8 Å². The molecule has 0 atom stereocenters. The molecule has 0 saturated heterocycles. The highest BCUT2D eigenvalue weighted by atomic mass is 19.4. The van der Waals surface area contributed by atoms with E-state index in [0.29, 0.717) is 5.69 Å². The number of aryl methyl sites for hydroxylation is 1. The number of ether oxygens (including phenoxy) is 1. The first kappa shape index (κ1) is 16.8. The van der Waals surface area contributed by atoms with Gasteiger partial charge in [0.2, 0.25) is 0 Å². The number of H-pyrrole nitrogens is 1. The highest BCUT2D eigenvalue weighted by Gasteiger charge is 2.27. The van der Waals surface area contributed by atoms with Gasteiger partial charge in [0.25, 0.3) is 0 Å². The molecule has 0 unspecified atom stereocenters. The van der Waals surface area contributed by atoms with Crippen molar-refractivity contribution in [2.24, 2.45) is 0 Å². The van der Waals surface area contributed by atoms with Crippen LogP contribution in [-0.2, 0) is 4.74 Å². The van der Waals surface area contributed by atoms with Crippen LogP contribution in [0.25, 0.3) is 0 Å². The van der Waals surface area contributed by atoms with E-state index in [0.717, 1.165) is 0 Å². The molecule has 0 saturated carbocycles. The van der Waals surface area contributed by atoms with Crippen LogP contribution in [0.3, 0.4) is 0 Å². The van der Waals surface area contributed by atoms with Crippen molar-refractivity contribution >= 4 is 17.7 Å². The standard InChI is InChI=1S/C11H14F3N3O4/c1-6-4-7(8(16-6)9(18)19)17-10(20)15-2-3-21-5-11(12,13)14/h4,16H,2-3,5H2,1H3,(H,18,19)(H2,15,17,20). The summed E-state index contributed by atoms with van der Waals surface area (Å²) in [6.07, 6.45) is -4.42. The van der Waals surface area contributed by atoms with E-state index in [-0.39, 0.29) is 24.5 Å². The zero-order valence-electron chi connectivity index (χ0n) is 11.0. The van der Waals surface area contributed by atoms with Gasteiger partial charge < -0.3 is 25.5 Å². The third-order valence-electron chi connectivity index (χ3n) is 2.21. The van der Waals surface area contributed by atoms with Crippen molar-refractivity contribution in [2.75, 3.05) is 25.1 Å². The summed E-state index contributed by atoms with van der Waals surface area (Å²) in [7, 11) is 0. The molecule has 1 heterocycles. The van der Waals surface area contributed by atoms with Crippen molar-refractivity contribution in [3.63, 3.8) is 0 Å². The molecule has 0 aromatic carbocycles. The second kappa shape index (κ2) is 6.97. The Bertz CT molecular complexity index is 513. The topological polar surface area (TPSA) is 103 Å². The number of amides is 2. The number of aromatic amines is 1. The second-order valence-corrected chi connectivity index (χ2v) is 4.09. The number of halogens is 3. The molecule has 118 valence electrons. The van der Waals surface area contributed by atoms with Gasteiger partial charge in [0.1, 0.15) is 12.3 Å². The minimum absolute atomic E-state index is 0.0636. The van der Waals surface area contributed by atoms with E-state index in [1.165, 1.54) is 6.07 Å². The van der Waals surface area contributed by atoms with Crippen LogP contribution in [0.1, 0.15) is 16.2 Å². The van der Waals surface area contributed by atoms with Gasteiger partial charge in [0.05, 0.1) is 12.3 Å². The number of carboxylic acids is 1. The van der Waals surface area contributed by atoms with Gasteiger partial charge in [-0.05, 0) is 13.0 Å². The third kappa shape index (κ3) is 6.17. The number of urea groups is 1. The van der Waals surface area contributed by atoms with Crippen LogP contribution >= 0.6 is 0 Å². The lowest BCUT2D eigenvalue weighted by Crippen LogP contribution is -2.32. The summed E-state index contributed by atoms with van der Waals surface area (Å²) in [6, 6.07) is 0.676.